The molecule has 0 aliphatic carbocycles. The molecule has 0 N–H and O–H groups in total. The van der Waals surface area contributed by atoms with Gasteiger partial charge in [0, 0.05) is 10.3 Å². The first kappa shape index (κ1) is 8.26. The van der Waals surface area contributed by atoms with E-state index in [4.69, 9.17) is 0 Å². The second-order valence-corrected chi connectivity index (χ2v) is 3.31. The number of fused-ring (bicyclic) bond motifs is 1. The number of hydrogen-bond acceptors (Lipinski definition) is 1. The van der Waals surface area contributed by atoms with Crippen molar-refractivity contribution in [2.24, 2.45) is 0 Å². The Hall–Kier alpha value is -1.35. The van der Waals surface area contributed by atoms with E-state index in [0.717, 1.165) is 5.39 Å². The summed E-state index contributed by atoms with van der Waals surface area (Å²) in [5.74, 6) is -0.311. The first-order valence-corrected chi connectivity index (χ1v) is 4.53. The summed E-state index contributed by atoms with van der Waals surface area (Å²) < 4.78 is 23.5. The molecule has 64 valence electrons. The first-order valence-electron chi connectivity index (χ1n) is 3.79. The SMILES string of the molecule is O=[S+]c1cccc2ccc(F)cc12. The number of benzene rings is 2. The van der Waals surface area contributed by atoms with Gasteiger partial charge in [0.2, 0.25) is 0 Å². The molecule has 2 aromatic carbocycles. The van der Waals surface area contributed by atoms with Gasteiger partial charge in [-0.3, -0.25) is 0 Å². The van der Waals surface area contributed by atoms with Gasteiger partial charge >= 0.3 is 11.7 Å². The van der Waals surface area contributed by atoms with Crippen LogP contribution in [0.2, 0.25) is 0 Å². The van der Waals surface area contributed by atoms with Crippen molar-refractivity contribution in [3.05, 3.63) is 42.2 Å². The molecule has 0 aromatic heterocycles. The van der Waals surface area contributed by atoms with Crippen molar-refractivity contribution in [3.8, 4) is 0 Å². The van der Waals surface area contributed by atoms with Gasteiger partial charge in [-0.25, -0.2) is 4.39 Å². The van der Waals surface area contributed by atoms with Crippen molar-refractivity contribution < 1.29 is 8.60 Å². The normalized spacial score (nSPS) is 10.2. The molecule has 0 saturated heterocycles. The molecule has 0 aliphatic heterocycles. The quantitative estimate of drug-likeness (QED) is 0.636. The number of rotatable bonds is 1. The Labute approximate surface area is 78.7 Å². The molecule has 0 saturated carbocycles. The lowest BCUT2D eigenvalue weighted by molar-refractivity contribution is 0.605. The van der Waals surface area contributed by atoms with Crippen LogP contribution in [0.15, 0.2) is 41.3 Å². The standard InChI is InChI=1S/C10H6FOS/c11-8-5-4-7-2-1-3-10(13-12)9(7)6-8/h1-6H/q+1. The predicted octanol–water partition coefficient (Wildman–Crippen LogP) is 2.77. The molecule has 0 aliphatic rings. The average molecular weight is 193 g/mol. The van der Waals surface area contributed by atoms with E-state index in [9.17, 15) is 8.60 Å². The van der Waals surface area contributed by atoms with Crippen molar-refractivity contribution in [1.82, 2.24) is 0 Å². The molecule has 2 aromatic rings. The lowest BCUT2D eigenvalue weighted by Gasteiger charge is -1.93. The zero-order chi connectivity index (χ0) is 9.26. The van der Waals surface area contributed by atoms with E-state index in [1.54, 1.807) is 18.2 Å². The minimum atomic E-state index is -0.311. The second-order valence-electron chi connectivity index (χ2n) is 2.70. The van der Waals surface area contributed by atoms with Gasteiger partial charge in [0.15, 0.2) is 0 Å². The molecule has 0 fully saturated rings. The summed E-state index contributed by atoms with van der Waals surface area (Å²) in [7, 11) is 0. The molecule has 1 nitrogen and oxygen atoms in total. The van der Waals surface area contributed by atoms with Gasteiger partial charge < -0.3 is 0 Å². The minimum Gasteiger partial charge on any atom is -0.207 e. The molecular weight excluding hydrogens is 187 g/mol. The minimum absolute atomic E-state index is 0.311. The third kappa shape index (κ3) is 1.42. The Kier molecular flexibility index (Phi) is 2.02. The van der Waals surface area contributed by atoms with E-state index < -0.39 is 0 Å². The molecule has 0 unspecified atom stereocenters. The van der Waals surface area contributed by atoms with Gasteiger partial charge in [0.05, 0.1) is 5.39 Å². The summed E-state index contributed by atoms with van der Waals surface area (Å²) in [4.78, 5) is 0.567. The molecule has 0 radical (unpaired) electrons. The van der Waals surface area contributed by atoms with E-state index in [2.05, 4.69) is 0 Å². The van der Waals surface area contributed by atoms with Crippen LogP contribution in [0.1, 0.15) is 0 Å². The van der Waals surface area contributed by atoms with Crippen LogP contribution in [0.3, 0.4) is 0 Å². The molecule has 13 heavy (non-hydrogen) atoms. The van der Waals surface area contributed by atoms with Gasteiger partial charge in [-0.15, -0.1) is 0 Å². The van der Waals surface area contributed by atoms with Crippen LogP contribution in [0.4, 0.5) is 4.39 Å². The van der Waals surface area contributed by atoms with Gasteiger partial charge in [-0.2, -0.15) is 0 Å². The van der Waals surface area contributed by atoms with Gasteiger partial charge in [-0.1, -0.05) is 18.2 Å². The van der Waals surface area contributed by atoms with E-state index >= 15 is 0 Å². The van der Waals surface area contributed by atoms with Gasteiger partial charge in [0.25, 0.3) is 4.90 Å². The van der Waals surface area contributed by atoms with Gasteiger partial charge in [0.1, 0.15) is 5.82 Å². The van der Waals surface area contributed by atoms with Crippen LogP contribution >= 0.6 is 0 Å². The number of hydrogen-bond donors (Lipinski definition) is 0. The lowest BCUT2D eigenvalue weighted by Crippen LogP contribution is -1.80. The summed E-state index contributed by atoms with van der Waals surface area (Å²) in [6.45, 7) is 0. The maximum absolute atomic E-state index is 12.8. The number of halogens is 1. The fourth-order valence-electron chi connectivity index (χ4n) is 1.29. The smallest absolute Gasteiger partial charge is 0.207 e. The summed E-state index contributed by atoms with van der Waals surface area (Å²) in [6.07, 6.45) is 0. The Bertz CT molecular complexity index is 467. The summed E-state index contributed by atoms with van der Waals surface area (Å²) >= 11 is 0.390. The summed E-state index contributed by atoms with van der Waals surface area (Å²) in [6, 6.07) is 9.79. The molecule has 0 spiro atoms. The van der Waals surface area contributed by atoms with Crippen molar-refractivity contribution in [2.75, 3.05) is 0 Å². The monoisotopic (exact) mass is 193 g/mol. The Balaban J connectivity index is 2.86. The zero-order valence-corrected chi connectivity index (χ0v) is 7.48. The van der Waals surface area contributed by atoms with Crippen LogP contribution in [0.25, 0.3) is 10.8 Å². The maximum atomic E-state index is 12.8. The first-order chi connectivity index (χ1) is 6.31. The third-order valence-corrected chi connectivity index (χ3v) is 2.43. The highest BCUT2D eigenvalue weighted by Crippen LogP contribution is 2.19. The Morgan fingerprint density at radius 3 is 2.77 bits per heavy atom. The third-order valence-electron chi connectivity index (χ3n) is 1.89. The van der Waals surface area contributed by atoms with Crippen molar-refractivity contribution >= 4 is 22.4 Å². The van der Waals surface area contributed by atoms with Crippen molar-refractivity contribution in [2.45, 2.75) is 4.90 Å². The van der Waals surface area contributed by atoms with Crippen LogP contribution in [0.5, 0.6) is 0 Å². The van der Waals surface area contributed by atoms with Crippen LogP contribution in [-0.4, -0.2) is 0 Å². The summed E-state index contributed by atoms with van der Waals surface area (Å²) in [5, 5.41) is 1.57. The molecular formula is C10H6FOS+. The van der Waals surface area contributed by atoms with E-state index in [1.807, 2.05) is 6.07 Å². The zero-order valence-electron chi connectivity index (χ0n) is 6.66. The highest BCUT2D eigenvalue weighted by Gasteiger charge is 2.11. The van der Waals surface area contributed by atoms with E-state index in [1.165, 1.54) is 12.1 Å². The lowest BCUT2D eigenvalue weighted by atomic mass is 10.1. The largest absolute Gasteiger partial charge is 0.505 e. The van der Waals surface area contributed by atoms with E-state index in [-0.39, 0.29) is 5.82 Å². The molecule has 0 atom stereocenters. The van der Waals surface area contributed by atoms with Crippen LogP contribution in [-0.2, 0) is 15.9 Å². The van der Waals surface area contributed by atoms with E-state index in [0.29, 0.717) is 21.9 Å². The molecule has 0 heterocycles. The molecule has 0 amide bonds. The highest BCUT2D eigenvalue weighted by molar-refractivity contribution is 7.65. The average Bonchev–Trinajstić information content (AvgIpc) is 2.17. The fourth-order valence-corrected chi connectivity index (χ4v) is 1.69. The van der Waals surface area contributed by atoms with Crippen LogP contribution in [0, 0.1) is 5.82 Å². The van der Waals surface area contributed by atoms with Gasteiger partial charge in [-0.05, 0) is 17.5 Å². The second kappa shape index (κ2) is 3.18. The van der Waals surface area contributed by atoms with Crippen molar-refractivity contribution in [3.63, 3.8) is 0 Å². The van der Waals surface area contributed by atoms with Crippen LogP contribution < -0.4 is 0 Å². The summed E-state index contributed by atoms with van der Waals surface area (Å²) in [5.41, 5.74) is 0. The predicted molar refractivity (Wildman–Crippen MR) is 50.2 cm³/mol. The Morgan fingerprint density at radius 2 is 2.00 bits per heavy atom. The molecule has 3 heteroatoms. The molecule has 2 rings (SSSR count). The topological polar surface area (TPSA) is 17.1 Å². The highest BCUT2D eigenvalue weighted by atomic mass is 32.1. The Morgan fingerprint density at radius 1 is 1.15 bits per heavy atom. The van der Waals surface area contributed by atoms with Crippen molar-refractivity contribution in [1.29, 1.82) is 0 Å². The fraction of sp³-hybridized carbons (Fsp3) is 0. The molecule has 0 bridgehead atoms. The maximum Gasteiger partial charge on any atom is 0.505 e.